The number of hydrogen-bond acceptors (Lipinski definition) is 6. The molecule has 0 bridgehead atoms. The van der Waals surface area contributed by atoms with E-state index < -0.39 is 11.8 Å². The van der Waals surface area contributed by atoms with Crippen LogP contribution in [0.15, 0.2) is 77.5 Å². The van der Waals surface area contributed by atoms with Gasteiger partial charge in [0.15, 0.2) is 0 Å². The normalized spacial score (nSPS) is 14.9. The van der Waals surface area contributed by atoms with Crippen molar-refractivity contribution in [1.82, 2.24) is 14.7 Å². The van der Waals surface area contributed by atoms with Gasteiger partial charge in [0.2, 0.25) is 0 Å². The highest BCUT2D eigenvalue weighted by Crippen LogP contribution is 2.31. The van der Waals surface area contributed by atoms with Crippen LogP contribution in [0.4, 0.5) is 0 Å². The maximum atomic E-state index is 13.4. The summed E-state index contributed by atoms with van der Waals surface area (Å²) < 4.78 is 12.4. The topological polar surface area (TPSA) is 97.4 Å². The summed E-state index contributed by atoms with van der Waals surface area (Å²) in [6.45, 7) is 4.33. The van der Waals surface area contributed by atoms with E-state index in [-0.39, 0.29) is 24.3 Å². The van der Waals surface area contributed by atoms with E-state index in [1.807, 2.05) is 73.8 Å². The van der Waals surface area contributed by atoms with E-state index in [0.29, 0.717) is 23.4 Å². The Balaban J connectivity index is 1.87. The molecule has 0 fully saturated rings. The molecule has 0 saturated carbocycles. The number of aromatic nitrogens is 2. The predicted molar refractivity (Wildman–Crippen MR) is 135 cm³/mol. The van der Waals surface area contributed by atoms with Crippen molar-refractivity contribution < 1.29 is 19.1 Å². The molecule has 8 heteroatoms. The average molecular weight is 483 g/mol. The van der Waals surface area contributed by atoms with E-state index in [2.05, 4.69) is 0 Å². The molecule has 0 radical (unpaired) electrons. The van der Waals surface area contributed by atoms with Crippen LogP contribution in [0.3, 0.4) is 0 Å². The first kappa shape index (κ1) is 24.6. The molecule has 2 heterocycles. The third kappa shape index (κ3) is 4.83. The zero-order valence-corrected chi connectivity index (χ0v) is 20.4. The molecule has 0 aliphatic carbocycles. The Morgan fingerprint density at radius 3 is 2.42 bits per heavy atom. The van der Waals surface area contributed by atoms with Crippen LogP contribution in [0.1, 0.15) is 19.4 Å². The lowest BCUT2D eigenvalue weighted by Crippen LogP contribution is -2.44. The van der Waals surface area contributed by atoms with Crippen LogP contribution in [-0.4, -0.2) is 53.4 Å². The second-order valence-corrected chi connectivity index (χ2v) is 8.10. The standard InChI is InChI=1S/C28H26N4O4/c1-4-36-23-12-10-20(11-13-23)26-21(18-32(30-26)22-8-6-5-7-9-22)16-24-19(2)25(17-29)28(34)31(27(24)33)14-15-35-3/h5-13,16,18H,4,14-15H2,1-3H3/b24-16-. The van der Waals surface area contributed by atoms with E-state index in [9.17, 15) is 14.9 Å². The van der Waals surface area contributed by atoms with Gasteiger partial charge < -0.3 is 9.47 Å². The first-order valence-corrected chi connectivity index (χ1v) is 11.5. The Bertz CT molecular complexity index is 1380. The van der Waals surface area contributed by atoms with Crippen molar-refractivity contribution in [3.63, 3.8) is 0 Å². The Labute approximate surface area is 209 Å². The summed E-state index contributed by atoms with van der Waals surface area (Å²) in [5, 5.41) is 14.4. The maximum Gasteiger partial charge on any atom is 0.271 e. The van der Waals surface area contributed by atoms with E-state index >= 15 is 0 Å². The molecule has 0 unspecified atom stereocenters. The van der Waals surface area contributed by atoms with Gasteiger partial charge in [0.05, 0.1) is 31.1 Å². The fraction of sp³-hybridized carbons (Fsp3) is 0.214. The molecule has 8 nitrogen and oxygen atoms in total. The third-order valence-corrected chi connectivity index (χ3v) is 5.85. The second-order valence-electron chi connectivity index (χ2n) is 8.10. The van der Waals surface area contributed by atoms with E-state index in [1.165, 1.54) is 7.11 Å². The number of nitrogens with zero attached hydrogens (tertiary/aromatic N) is 4. The highest BCUT2D eigenvalue weighted by atomic mass is 16.5. The molecule has 0 N–H and O–H groups in total. The van der Waals surface area contributed by atoms with Crippen molar-refractivity contribution in [3.8, 4) is 28.8 Å². The highest BCUT2D eigenvalue weighted by Gasteiger charge is 2.35. The number of methoxy groups -OCH3 is 1. The second kappa shape index (κ2) is 10.8. The molecule has 0 saturated heterocycles. The summed E-state index contributed by atoms with van der Waals surface area (Å²) in [5.41, 5.74) is 3.55. The van der Waals surface area contributed by atoms with E-state index in [1.54, 1.807) is 17.7 Å². The Kier molecular flexibility index (Phi) is 7.42. The van der Waals surface area contributed by atoms with Crippen LogP contribution in [0.2, 0.25) is 0 Å². The molecule has 2 aromatic carbocycles. The minimum absolute atomic E-state index is 0.0546. The number of rotatable bonds is 8. The number of carbonyl (C=O) groups excluding carboxylic acids is 2. The predicted octanol–water partition coefficient (Wildman–Crippen LogP) is 4.18. The molecule has 36 heavy (non-hydrogen) atoms. The highest BCUT2D eigenvalue weighted by molar-refractivity contribution is 6.19. The summed E-state index contributed by atoms with van der Waals surface area (Å²) in [6, 6.07) is 19.1. The number of ether oxygens (including phenoxy) is 2. The smallest absolute Gasteiger partial charge is 0.271 e. The Morgan fingerprint density at radius 2 is 1.78 bits per heavy atom. The van der Waals surface area contributed by atoms with E-state index in [0.717, 1.165) is 21.9 Å². The minimum atomic E-state index is -0.610. The maximum absolute atomic E-state index is 13.4. The monoisotopic (exact) mass is 482 g/mol. The van der Waals surface area contributed by atoms with Gasteiger partial charge in [-0.15, -0.1) is 0 Å². The number of hydrogen-bond donors (Lipinski definition) is 0. The molecule has 2 amide bonds. The van der Waals surface area contributed by atoms with Gasteiger partial charge in [0.25, 0.3) is 11.8 Å². The Morgan fingerprint density at radius 1 is 1.06 bits per heavy atom. The third-order valence-electron chi connectivity index (χ3n) is 5.85. The lowest BCUT2D eigenvalue weighted by molar-refractivity contribution is -0.141. The van der Waals surface area contributed by atoms with Crippen LogP contribution >= 0.6 is 0 Å². The van der Waals surface area contributed by atoms with E-state index in [4.69, 9.17) is 14.6 Å². The van der Waals surface area contributed by atoms with Crippen molar-refractivity contribution in [3.05, 3.63) is 83.1 Å². The van der Waals surface area contributed by atoms with Crippen molar-refractivity contribution in [2.45, 2.75) is 13.8 Å². The molecule has 1 aromatic heterocycles. The lowest BCUT2D eigenvalue weighted by atomic mass is 9.93. The van der Waals surface area contributed by atoms with Crippen LogP contribution in [0.5, 0.6) is 5.75 Å². The molecular weight excluding hydrogens is 456 g/mol. The fourth-order valence-corrected chi connectivity index (χ4v) is 3.98. The summed E-state index contributed by atoms with van der Waals surface area (Å²) in [7, 11) is 1.49. The van der Waals surface area contributed by atoms with Gasteiger partial charge in [-0.2, -0.15) is 10.4 Å². The SMILES string of the molecule is CCOc1ccc(-c2nn(-c3ccccc3)cc2/C=C2\C(=O)N(CCOC)C(=O)C(C#N)=C2C)cc1. The van der Waals surface area contributed by atoms with Crippen molar-refractivity contribution in [1.29, 1.82) is 5.26 Å². The van der Waals surface area contributed by atoms with Crippen molar-refractivity contribution >= 4 is 17.9 Å². The zero-order chi connectivity index (χ0) is 25.7. The molecule has 1 aliphatic rings. The summed E-state index contributed by atoms with van der Waals surface area (Å²) >= 11 is 0. The molecule has 0 atom stereocenters. The summed E-state index contributed by atoms with van der Waals surface area (Å²) in [6.07, 6.45) is 3.52. The van der Waals surface area contributed by atoms with Gasteiger partial charge in [-0.05, 0) is 61.9 Å². The number of nitriles is 1. The van der Waals surface area contributed by atoms with Gasteiger partial charge in [0, 0.05) is 30.0 Å². The van der Waals surface area contributed by atoms with Gasteiger partial charge >= 0.3 is 0 Å². The van der Waals surface area contributed by atoms with Crippen LogP contribution < -0.4 is 4.74 Å². The molecule has 3 aromatic rings. The molecule has 182 valence electrons. The zero-order valence-electron chi connectivity index (χ0n) is 20.4. The lowest BCUT2D eigenvalue weighted by Gasteiger charge is -2.27. The average Bonchev–Trinajstić information content (AvgIpc) is 3.32. The van der Waals surface area contributed by atoms with Gasteiger partial charge in [-0.3, -0.25) is 14.5 Å². The Hall–Kier alpha value is -4.48. The van der Waals surface area contributed by atoms with Gasteiger partial charge in [-0.25, -0.2) is 4.68 Å². The number of benzene rings is 2. The number of carbonyl (C=O) groups is 2. The number of amides is 2. The van der Waals surface area contributed by atoms with Crippen molar-refractivity contribution in [2.75, 3.05) is 26.9 Å². The molecule has 4 rings (SSSR count). The summed E-state index contributed by atoms with van der Waals surface area (Å²) in [5.74, 6) is -0.338. The first-order valence-electron chi connectivity index (χ1n) is 11.5. The molecule has 1 aliphatic heterocycles. The van der Waals surface area contributed by atoms with Gasteiger partial charge in [0.1, 0.15) is 17.4 Å². The molecule has 0 spiro atoms. The number of imide groups is 1. The quantitative estimate of drug-likeness (QED) is 0.353. The number of para-hydroxylation sites is 1. The minimum Gasteiger partial charge on any atom is -0.494 e. The first-order chi connectivity index (χ1) is 17.5. The van der Waals surface area contributed by atoms with Crippen molar-refractivity contribution in [2.24, 2.45) is 0 Å². The van der Waals surface area contributed by atoms with Crippen LogP contribution in [0, 0.1) is 11.3 Å². The van der Waals surface area contributed by atoms with Gasteiger partial charge in [-0.1, -0.05) is 18.2 Å². The fourth-order valence-electron chi connectivity index (χ4n) is 3.98. The largest absolute Gasteiger partial charge is 0.494 e. The summed E-state index contributed by atoms with van der Waals surface area (Å²) in [4.78, 5) is 27.2. The van der Waals surface area contributed by atoms with Crippen LogP contribution in [0.25, 0.3) is 23.0 Å². The van der Waals surface area contributed by atoms with Crippen LogP contribution in [-0.2, 0) is 14.3 Å². The molecular formula is C28H26N4O4.